The van der Waals surface area contributed by atoms with Crippen LogP contribution in [-0.4, -0.2) is 21.7 Å². The first kappa shape index (κ1) is 8.28. The molecule has 1 aromatic heterocycles. The van der Waals surface area contributed by atoms with E-state index >= 15 is 0 Å². The number of primary amides is 1. The Hall–Kier alpha value is -0.820. The van der Waals surface area contributed by atoms with E-state index in [2.05, 4.69) is 14.1 Å². The Morgan fingerprint density at radius 2 is 2.55 bits per heavy atom. The van der Waals surface area contributed by atoms with Gasteiger partial charge in [0, 0.05) is 11.5 Å². The SMILES string of the molecule is CSc1nsc(OC(N)=O)n1. The molecule has 7 heteroatoms. The van der Waals surface area contributed by atoms with Crippen LogP contribution in [-0.2, 0) is 0 Å². The molecule has 60 valence electrons. The molecule has 0 aromatic carbocycles. The number of thioether (sulfide) groups is 1. The van der Waals surface area contributed by atoms with E-state index in [4.69, 9.17) is 5.73 Å². The number of hydrogen-bond donors (Lipinski definition) is 1. The maximum Gasteiger partial charge on any atom is 0.411 e. The van der Waals surface area contributed by atoms with Gasteiger partial charge in [0.1, 0.15) is 0 Å². The molecule has 5 nitrogen and oxygen atoms in total. The Labute approximate surface area is 71.1 Å². The molecular weight excluding hydrogens is 186 g/mol. The topological polar surface area (TPSA) is 78.1 Å². The summed E-state index contributed by atoms with van der Waals surface area (Å²) in [6, 6.07) is 0. The number of rotatable bonds is 2. The second-order valence-corrected chi connectivity index (χ2v) is 2.96. The number of carbonyl (C=O) groups excluding carboxylic acids is 1. The lowest BCUT2D eigenvalue weighted by Gasteiger charge is -1.89. The quantitative estimate of drug-likeness (QED) is 0.697. The zero-order chi connectivity index (χ0) is 8.27. The van der Waals surface area contributed by atoms with Gasteiger partial charge in [0.15, 0.2) is 0 Å². The summed E-state index contributed by atoms with van der Waals surface area (Å²) in [7, 11) is 0. The highest BCUT2D eigenvalue weighted by Gasteiger charge is 2.05. The molecule has 0 aliphatic rings. The average molecular weight is 191 g/mol. The number of nitrogens with zero attached hydrogens (tertiary/aromatic N) is 2. The summed E-state index contributed by atoms with van der Waals surface area (Å²) in [6.07, 6.45) is 0.963. The van der Waals surface area contributed by atoms with Crippen LogP contribution in [0.1, 0.15) is 0 Å². The van der Waals surface area contributed by atoms with E-state index in [1.54, 1.807) is 0 Å². The molecule has 1 amide bonds. The van der Waals surface area contributed by atoms with Crippen LogP contribution in [0.4, 0.5) is 4.79 Å². The fourth-order valence-electron chi connectivity index (χ4n) is 0.407. The maximum absolute atomic E-state index is 10.2. The van der Waals surface area contributed by atoms with Crippen LogP contribution in [0.5, 0.6) is 5.19 Å². The van der Waals surface area contributed by atoms with Gasteiger partial charge in [-0.25, -0.2) is 4.79 Å². The predicted molar refractivity (Wildman–Crippen MR) is 41.9 cm³/mol. The van der Waals surface area contributed by atoms with Gasteiger partial charge in [-0.05, 0) is 6.26 Å². The molecule has 0 bridgehead atoms. The lowest BCUT2D eigenvalue weighted by Crippen LogP contribution is -2.15. The molecule has 0 aliphatic carbocycles. The van der Waals surface area contributed by atoms with Crippen LogP contribution >= 0.6 is 23.3 Å². The van der Waals surface area contributed by atoms with Crippen molar-refractivity contribution in [1.82, 2.24) is 9.36 Å². The molecule has 0 aliphatic heterocycles. The van der Waals surface area contributed by atoms with Gasteiger partial charge in [0.25, 0.3) is 0 Å². The van der Waals surface area contributed by atoms with Crippen LogP contribution in [0.3, 0.4) is 0 Å². The fourth-order valence-corrected chi connectivity index (χ4v) is 1.49. The lowest BCUT2D eigenvalue weighted by molar-refractivity contribution is 0.210. The third kappa shape index (κ3) is 2.35. The predicted octanol–water partition coefficient (Wildman–Crippen LogP) is 0.718. The molecule has 0 atom stereocenters. The molecule has 0 spiro atoms. The minimum Gasteiger partial charge on any atom is -0.380 e. The molecule has 1 heterocycles. The summed E-state index contributed by atoms with van der Waals surface area (Å²) in [5.74, 6) is 0. The third-order valence-corrected chi connectivity index (χ3v) is 2.02. The number of carbonyl (C=O) groups is 1. The molecule has 0 saturated heterocycles. The molecular formula is C4H5N3O2S2. The number of aromatic nitrogens is 2. The van der Waals surface area contributed by atoms with E-state index in [1.165, 1.54) is 11.8 Å². The van der Waals surface area contributed by atoms with E-state index in [9.17, 15) is 4.79 Å². The van der Waals surface area contributed by atoms with Crippen LogP contribution in [0, 0.1) is 0 Å². The number of amides is 1. The van der Waals surface area contributed by atoms with E-state index in [1.807, 2.05) is 6.26 Å². The number of nitrogens with two attached hydrogens (primary N) is 1. The van der Waals surface area contributed by atoms with Crippen molar-refractivity contribution in [2.45, 2.75) is 5.16 Å². The summed E-state index contributed by atoms with van der Waals surface area (Å²) in [4.78, 5) is 14.0. The third-order valence-electron chi connectivity index (χ3n) is 0.759. The van der Waals surface area contributed by atoms with Crippen molar-refractivity contribution < 1.29 is 9.53 Å². The van der Waals surface area contributed by atoms with E-state index in [0.717, 1.165) is 11.5 Å². The molecule has 2 N–H and O–H groups in total. The van der Waals surface area contributed by atoms with Crippen molar-refractivity contribution in [3.05, 3.63) is 0 Å². The van der Waals surface area contributed by atoms with E-state index < -0.39 is 6.09 Å². The standard InChI is InChI=1S/C4H5N3O2S2/c1-10-3-6-4(11-7-3)9-2(5)8/h1H3,(H2,5,8). The normalized spacial score (nSPS) is 9.55. The Morgan fingerprint density at radius 3 is 3.00 bits per heavy atom. The minimum atomic E-state index is -0.867. The van der Waals surface area contributed by atoms with E-state index in [0.29, 0.717) is 5.16 Å². The summed E-state index contributed by atoms with van der Waals surface area (Å²) in [5, 5.41) is 0.758. The van der Waals surface area contributed by atoms with Gasteiger partial charge >= 0.3 is 11.3 Å². The van der Waals surface area contributed by atoms with Crippen molar-refractivity contribution in [2.75, 3.05) is 6.26 Å². The van der Waals surface area contributed by atoms with Gasteiger partial charge in [-0.3, -0.25) is 0 Å². The van der Waals surface area contributed by atoms with Gasteiger partial charge in [0.2, 0.25) is 5.16 Å². The van der Waals surface area contributed by atoms with Gasteiger partial charge < -0.3 is 10.5 Å². The van der Waals surface area contributed by atoms with Crippen molar-refractivity contribution >= 4 is 29.4 Å². The Bertz CT molecular complexity index is 262. The van der Waals surface area contributed by atoms with Gasteiger partial charge in [-0.15, -0.1) is 0 Å². The van der Waals surface area contributed by atoms with E-state index in [-0.39, 0.29) is 5.19 Å². The lowest BCUT2D eigenvalue weighted by atomic mass is 11.2. The fraction of sp³-hybridized carbons (Fsp3) is 0.250. The number of ether oxygens (including phenoxy) is 1. The highest BCUT2D eigenvalue weighted by molar-refractivity contribution is 7.98. The van der Waals surface area contributed by atoms with Gasteiger partial charge in [0.05, 0.1) is 0 Å². The van der Waals surface area contributed by atoms with Crippen molar-refractivity contribution in [3.63, 3.8) is 0 Å². The zero-order valence-electron chi connectivity index (χ0n) is 5.60. The molecule has 1 aromatic rings. The Morgan fingerprint density at radius 1 is 1.82 bits per heavy atom. The van der Waals surface area contributed by atoms with Crippen molar-refractivity contribution in [1.29, 1.82) is 0 Å². The summed E-state index contributed by atoms with van der Waals surface area (Å²) in [5.41, 5.74) is 4.75. The Kier molecular flexibility index (Phi) is 2.66. The second-order valence-electron chi connectivity index (χ2n) is 1.47. The number of hydrogen-bond acceptors (Lipinski definition) is 6. The first-order valence-electron chi connectivity index (χ1n) is 2.57. The molecule has 11 heavy (non-hydrogen) atoms. The van der Waals surface area contributed by atoms with Gasteiger partial charge in [-0.1, -0.05) is 11.8 Å². The van der Waals surface area contributed by atoms with Crippen LogP contribution in [0.25, 0.3) is 0 Å². The van der Waals surface area contributed by atoms with Crippen molar-refractivity contribution in [3.8, 4) is 5.19 Å². The van der Waals surface area contributed by atoms with Crippen LogP contribution in [0.15, 0.2) is 5.16 Å². The largest absolute Gasteiger partial charge is 0.411 e. The van der Waals surface area contributed by atoms with Crippen LogP contribution in [0.2, 0.25) is 0 Å². The monoisotopic (exact) mass is 191 g/mol. The van der Waals surface area contributed by atoms with Crippen molar-refractivity contribution in [2.24, 2.45) is 5.73 Å². The molecule has 0 saturated carbocycles. The zero-order valence-corrected chi connectivity index (χ0v) is 7.24. The molecule has 0 unspecified atom stereocenters. The average Bonchev–Trinajstić information content (AvgIpc) is 2.34. The van der Waals surface area contributed by atoms with Crippen LogP contribution < -0.4 is 10.5 Å². The second kappa shape index (κ2) is 3.54. The van der Waals surface area contributed by atoms with Gasteiger partial charge in [-0.2, -0.15) is 9.36 Å². The summed E-state index contributed by atoms with van der Waals surface area (Å²) in [6.45, 7) is 0. The smallest absolute Gasteiger partial charge is 0.380 e. The molecule has 1 rings (SSSR count). The summed E-state index contributed by atoms with van der Waals surface area (Å²) < 4.78 is 8.32. The molecule has 0 fully saturated rings. The Balaban J connectivity index is 2.65. The first-order valence-corrected chi connectivity index (χ1v) is 4.57. The minimum absolute atomic E-state index is 0.182. The highest BCUT2D eigenvalue weighted by atomic mass is 32.2. The summed E-state index contributed by atoms with van der Waals surface area (Å²) >= 11 is 2.37. The first-order chi connectivity index (χ1) is 5.22. The highest BCUT2D eigenvalue weighted by Crippen LogP contribution is 2.19. The molecule has 0 radical (unpaired) electrons. The maximum atomic E-state index is 10.2.